The van der Waals surface area contributed by atoms with Gasteiger partial charge in [0.05, 0.1) is 25.6 Å². The van der Waals surface area contributed by atoms with Crippen molar-refractivity contribution in [1.29, 1.82) is 0 Å². The van der Waals surface area contributed by atoms with Crippen molar-refractivity contribution in [3.05, 3.63) is 62.7 Å². The van der Waals surface area contributed by atoms with Gasteiger partial charge in [0.2, 0.25) is 4.80 Å². The molecule has 0 saturated carbocycles. The molecule has 7 heteroatoms. The van der Waals surface area contributed by atoms with E-state index in [0.717, 1.165) is 43.3 Å². The SMILES string of the molecule is COc1ccc(-c2csc(=NC(C)C)n2N=C(C)c2ccccc2Br)c(OC)c1. The summed E-state index contributed by atoms with van der Waals surface area (Å²) in [5.74, 6) is 1.47. The van der Waals surface area contributed by atoms with Crippen molar-refractivity contribution in [2.45, 2.75) is 26.8 Å². The molecule has 3 rings (SSSR count). The van der Waals surface area contributed by atoms with Crippen LogP contribution >= 0.6 is 27.3 Å². The van der Waals surface area contributed by atoms with Crippen LogP contribution in [0.5, 0.6) is 11.5 Å². The molecule has 0 bridgehead atoms. The molecule has 29 heavy (non-hydrogen) atoms. The molecule has 0 aliphatic carbocycles. The second-order valence-corrected chi connectivity index (χ2v) is 8.36. The monoisotopic (exact) mass is 473 g/mol. The van der Waals surface area contributed by atoms with E-state index in [1.165, 1.54) is 0 Å². The molecule has 0 N–H and O–H groups in total. The Hall–Kier alpha value is -2.38. The molecule has 0 amide bonds. The molecule has 2 aromatic carbocycles. The maximum atomic E-state index is 5.62. The summed E-state index contributed by atoms with van der Waals surface area (Å²) in [4.78, 5) is 5.59. The lowest BCUT2D eigenvalue weighted by Crippen LogP contribution is -2.16. The van der Waals surface area contributed by atoms with Gasteiger partial charge in [0.15, 0.2) is 0 Å². The maximum Gasteiger partial charge on any atom is 0.206 e. The van der Waals surface area contributed by atoms with Crippen LogP contribution in [0.25, 0.3) is 11.3 Å². The van der Waals surface area contributed by atoms with Crippen molar-refractivity contribution < 1.29 is 9.47 Å². The van der Waals surface area contributed by atoms with Crippen molar-refractivity contribution in [2.75, 3.05) is 14.2 Å². The van der Waals surface area contributed by atoms with Gasteiger partial charge in [0, 0.05) is 33.1 Å². The highest BCUT2D eigenvalue weighted by Gasteiger charge is 2.15. The minimum atomic E-state index is 0.157. The molecule has 0 spiro atoms. The van der Waals surface area contributed by atoms with Crippen molar-refractivity contribution in [1.82, 2.24) is 4.68 Å². The predicted molar refractivity (Wildman–Crippen MR) is 123 cm³/mol. The quantitative estimate of drug-likeness (QED) is 0.438. The van der Waals surface area contributed by atoms with Crippen molar-refractivity contribution in [3.8, 4) is 22.8 Å². The Morgan fingerprint density at radius 3 is 2.52 bits per heavy atom. The first-order valence-electron chi connectivity index (χ1n) is 9.21. The Bertz CT molecular complexity index is 1100. The van der Waals surface area contributed by atoms with Crippen LogP contribution < -0.4 is 14.3 Å². The minimum absolute atomic E-state index is 0.157. The lowest BCUT2D eigenvalue weighted by Gasteiger charge is -2.12. The van der Waals surface area contributed by atoms with Gasteiger partial charge in [0.25, 0.3) is 0 Å². The van der Waals surface area contributed by atoms with Gasteiger partial charge in [-0.2, -0.15) is 5.10 Å². The van der Waals surface area contributed by atoms with Crippen molar-refractivity contribution in [3.63, 3.8) is 0 Å². The summed E-state index contributed by atoms with van der Waals surface area (Å²) in [6.45, 7) is 6.11. The highest BCUT2D eigenvalue weighted by molar-refractivity contribution is 9.10. The summed E-state index contributed by atoms with van der Waals surface area (Å²) in [7, 11) is 3.30. The summed E-state index contributed by atoms with van der Waals surface area (Å²) in [5.41, 5.74) is 3.77. The van der Waals surface area contributed by atoms with Gasteiger partial charge in [-0.05, 0) is 39.0 Å². The molecule has 3 aromatic rings. The standard InChI is InChI=1S/C22H24BrN3O2S/c1-14(2)24-22-26(25-15(3)17-8-6-7-9-19(17)23)20(13-29-22)18-11-10-16(27-4)12-21(18)28-5/h6-14H,1-5H3. The van der Waals surface area contributed by atoms with Gasteiger partial charge in [-0.3, -0.25) is 4.99 Å². The zero-order chi connectivity index (χ0) is 21.0. The predicted octanol–water partition coefficient (Wildman–Crippen LogP) is 5.58. The molecule has 0 aliphatic rings. The number of methoxy groups -OCH3 is 2. The van der Waals surface area contributed by atoms with Gasteiger partial charge in [0.1, 0.15) is 11.5 Å². The number of hydrogen-bond donors (Lipinski definition) is 0. The molecule has 0 aliphatic heterocycles. The smallest absolute Gasteiger partial charge is 0.206 e. The van der Waals surface area contributed by atoms with Gasteiger partial charge in [-0.1, -0.05) is 34.1 Å². The third-order valence-electron chi connectivity index (χ3n) is 4.25. The average Bonchev–Trinajstić information content (AvgIpc) is 3.08. The Kier molecular flexibility index (Phi) is 6.92. The second kappa shape index (κ2) is 9.41. The van der Waals surface area contributed by atoms with E-state index in [9.17, 15) is 0 Å². The summed E-state index contributed by atoms with van der Waals surface area (Å²) >= 11 is 5.18. The topological polar surface area (TPSA) is 48.1 Å². The van der Waals surface area contributed by atoms with Gasteiger partial charge >= 0.3 is 0 Å². The molecule has 0 radical (unpaired) electrons. The number of aromatic nitrogens is 1. The largest absolute Gasteiger partial charge is 0.497 e. The highest BCUT2D eigenvalue weighted by atomic mass is 79.9. The molecule has 1 aromatic heterocycles. The Balaban J connectivity index is 2.23. The molecule has 0 unspecified atom stereocenters. The van der Waals surface area contributed by atoms with E-state index in [1.54, 1.807) is 25.6 Å². The fraction of sp³-hybridized carbons (Fsp3) is 0.273. The van der Waals surface area contributed by atoms with Crippen LogP contribution in [-0.2, 0) is 0 Å². The molecule has 5 nitrogen and oxygen atoms in total. The number of halogens is 1. The van der Waals surface area contributed by atoms with Crippen LogP contribution in [0, 0.1) is 0 Å². The zero-order valence-electron chi connectivity index (χ0n) is 17.1. The lowest BCUT2D eigenvalue weighted by molar-refractivity contribution is 0.395. The summed E-state index contributed by atoms with van der Waals surface area (Å²) < 4.78 is 13.9. The maximum absolute atomic E-state index is 5.62. The molecule has 0 fully saturated rings. The number of rotatable bonds is 6. The first kappa shape index (κ1) is 21.3. The molecule has 0 atom stereocenters. The first-order valence-corrected chi connectivity index (χ1v) is 10.9. The van der Waals surface area contributed by atoms with E-state index in [-0.39, 0.29) is 6.04 Å². The van der Waals surface area contributed by atoms with E-state index < -0.39 is 0 Å². The lowest BCUT2D eigenvalue weighted by atomic mass is 10.1. The van der Waals surface area contributed by atoms with Gasteiger partial charge in [-0.25, -0.2) is 4.68 Å². The summed E-state index contributed by atoms with van der Waals surface area (Å²) in [6, 6.07) is 14.0. The second-order valence-electron chi connectivity index (χ2n) is 6.67. The van der Waals surface area contributed by atoms with Gasteiger partial charge < -0.3 is 9.47 Å². The molecule has 152 valence electrons. The van der Waals surface area contributed by atoms with Gasteiger partial charge in [-0.15, -0.1) is 11.3 Å². The highest BCUT2D eigenvalue weighted by Crippen LogP contribution is 2.33. The van der Waals surface area contributed by atoms with E-state index >= 15 is 0 Å². The average molecular weight is 474 g/mol. The Labute approximate surface area is 183 Å². The Morgan fingerprint density at radius 1 is 1.10 bits per heavy atom. The van der Waals surface area contributed by atoms with Crippen molar-refractivity contribution in [2.24, 2.45) is 10.1 Å². The van der Waals surface area contributed by atoms with E-state index in [0.29, 0.717) is 0 Å². The first-order chi connectivity index (χ1) is 13.9. The van der Waals surface area contributed by atoms with E-state index in [4.69, 9.17) is 19.6 Å². The number of ether oxygens (including phenoxy) is 2. The van der Waals surface area contributed by atoms with E-state index in [2.05, 4.69) is 35.2 Å². The van der Waals surface area contributed by atoms with Crippen LogP contribution in [-0.4, -0.2) is 30.6 Å². The number of nitrogens with zero attached hydrogens (tertiary/aromatic N) is 3. The van der Waals surface area contributed by atoms with E-state index in [1.807, 2.05) is 54.1 Å². The molecular formula is C22H24BrN3O2S. The number of benzene rings is 2. The molecular weight excluding hydrogens is 450 g/mol. The molecule has 1 heterocycles. The summed E-state index contributed by atoms with van der Waals surface area (Å²) in [6.07, 6.45) is 0. The summed E-state index contributed by atoms with van der Waals surface area (Å²) in [5, 5.41) is 6.99. The Morgan fingerprint density at radius 2 is 1.86 bits per heavy atom. The number of hydrogen-bond acceptors (Lipinski definition) is 5. The third kappa shape index (κ3) is 4.79. The molecule has 0 saturated heterocycles. The van der Waals surface area contributed by atoms with Crippen LogP contribution in [0.3, 0.4) is 0 Å². The van der Waals surface area contributed by atoms with Crippen molar-refractivity contribution >= 4 is 33.0 Å². The third-order valence-corrected chi connectivity index (χ3v) is 5.77. The van der Waals surface area contributed by atoms with Crippen LogP contribution in [0.2, 0.25) is 0 Å². The van der Waals surface area contributed by atoms with Crippen LogP contribution in [0.4, 0.5) is 0 Å². The normalized spacial score (nSPS) is 12.5. The number of thiazole rings is 1. The fourth-order valence-electron chi connectivity index (χ4n) is 2.86. The van der Waals surface area contributed by atoms with Crippen LogP contribution in [0.1, 0.15) is 26.3 Å². The zero-order valence-corrected chi connectivity index (χ0v) is 19.5. The fourth-order valence-corrected chi connectivity index (χ4v) is 4.39. The van der Waals surface area contributed by atoms with Crippen LogP contribution in [0.15, 0.2) is 62.4 Å². The minimum Gasteiger partial charge on any atom is -0.497 e.